The molecule has 0 bridgehead atoms. The molecule has 0 aromatic heterocycles. The zero-order chi connectivity index (χ0) is 44.2. The largest absolute Gasteiger partial charge is 0.462 e. The summed E-state index contributed by atoms with van der Waals surface area (Å²) in [6, 6.07) is 0. The zero-order valence-electron chi connectivity index (χ0n) is 41.3. The van der Waals surface area contributed by atoms with Crippen molar-refractivity contribution in [3.05, 3.63) is 0 Å². The smallest absolute Gasteiger partial charge is 0.306 e. The molecule has 0 aromatic carbocycles. The maximum Gasteiger partial charge on any atom is 0.306 e. The lowest BCUT2D eigenvalue weighted by Gasteiger charge is -2.18. The Kier molecular flexibility index (Phi) is 44.2. The van der Waals surface area contributed by atoms with E-state index < -0.39 is 6.10 Å². The highest BCUT2D eigenvalue weighted by Crippen LogP contribution is 2.18. The Hall–Kier alpha value is -1.59. The predicted molar refractivity (Wildman–Crippen MR) is 256 cm³/mol. The second-order valence-electron chi connectivity index (χ2n) is 19.9. The van der Waals surface area contributed by atoms with Gasteiger partial charge in [-0.2, -0.15) is 0 Å². The van der Waals surface area contributed by atoms with E-state index in [4.69, 9.17) is 14.2 Å². The fourth-order valence-corrected chi connectivity index (χ4v) is 8.12. The van der Waals surface area contributed by atoms with Crippen LogP contribution in [0.1, 0.15) is 292 Å². The number of ether oxygens (including phenoxy) is 3. The normalized spacial score (nSPS) is 12.2. The summed E-state index contributed by atoms with van der Waals surface area (Å²) in [5.74, 6) is 1.57. The Morgan fingerprint density at radius 1 is 0.283 bits per heavy atom. The lowest BCUT2D eigenvalue weighted by atomic mass is 10.0. The summed E-state index contributed by atoms with van der Waals surface area (Å²) in [5, 5.41) is 0. The summed E-state index contributed by atoms with van der Waals surface area (Å²) >= 11 is 0. The van der Waals surface area contributed by atoms with Crippen molar-refractivity contribution < 1.29 is 28.6 Å². The van der Waals surface area contributed by atoms with Crippen LogP contribution in [0.25, 0.3) is 0 Å². The van der Waals surface area contributed by atoms with Gasteiger partial charge in [-0.3, -0.25) is 14.4 Å². The molecule has 0 amide bonds. The highest BCUT2D eigenvalue weighted by atomic mass is 16.6. The van der Waals surface area contributed by atoms with E-state index in [0.717, 1.165) is 75.5 Å². The van der Waals surface area contributed by atoms with Crippen molar-refractivity contribution in [3.63, 3.8) is 0 Å². The summed E-state index contributed by atoms with van der Waals surface area (Å²) in [7, 11) is 0. The molecule has 0 rings (SSSR count). The summed E-state index contributed by atoms with van der Waals surface area (Å²) in [6.45, 7) is 13.7. The number of esters is 3. The standard InChI is InChI=1S/C54H104O6/c1-48(2)40-34-28-22-18-15-13-11-9-7-8-10-12-14-16-20-24-31-37-43-52(55)58-46-51(60-54(57)45-39-33-27-26-30-36-42-50(5)6)47-59-53(56)44-38-32-25-21-17-19-23-29-35-41-49(3)4/h48-51H,7-47H2,1-6H3/t51-/m0/s1. The van der Waals surface area contributed by atoms with Gasteiger partial charge in [0.1, 0.15) is 13.2 Å². The van der Waals surface area contributed by atoms with E-state index in [2.05, 4.69) is 41.5 Å². The molecule has 0 saturated carbocycles. The monoisotopic (exact) mass is 849 g/mol. The Labute approximate surface area is 374 Å². The molecule has 0 aliphatic rings. The van der Waals surface area contributed by atoms with Gasteiger partial charge in [0.15, 0.2) is 6.10 Å². The van der Waals surface area contributed by atoms with E-state index in [-0.39, 0.29) is 31.1 Å². The topological polar surface area (TPSA) is 78.9 Å². The van der Waals surface area contributed by atoms with Crippen molar-refractivity contribution in [1.82, 2.24) is 0 Å². The van der Waals surface area contributed by atoms with Crippen LogP contribution in [0, 0.1) is 17.8 Å². The highest BCUT2D eigenvalue weighted by molar-refractivity contribution is 5.71. The lowest BCUT2D eigenvalue weighted by molar-refractivity contribution is -0.167. The average Bonchev–Trinajstić information content (AvgIpc) is 3.20. The number of unbranched alkanes of at least 4 members (excludes halogenated alkanes) is 30. The van der Waals surface area contributed by atoms with Crippen molar-refractivity contribution in [3.8, 4) is 0 Å². The van der Waals surface area contributed by atoms with Crippen molar-refractivity contribution >= 4 is 17.9 Å². The fraction of sp³-hybridized carbons (Fsp3) is 0.944. The van der Waals surface area contributed by atoms with Crippen LogP contribution in [0.3, 0.4) is 0 Å². The molecule has 0 unspecified atom stereocenters. The molecule has 0 radical (unpaired) electrons. The van der Waals surface area contributed by atoms with Gasteiger partial charge in [-0.1, -0.05) is 253 Å². The maximum absolute atomic E-state index is 12.7. The zero-order valence-corrected chi connectivity index (χ0v) is 41.3. The first-order valence-corrected chi connectivity index (χ1v) is 26.6. The van der Waals surface area contributed by atoms with Crippen LogP contribution in [-0.2, 0) is 28.6 Å². The molecule has 0 heterocycles. The van der Waals surface area contributed by atoms with E-state index in [0.29, 0.717) is 19.3 Å². The molecule has 0 aliphatic carbocycles. The van der Waals surface area contributed by atoms with Crippen LogP contribution in [0.2, 0.25) is 0 Å². The Morgan fingerprint density at radius 2 is 0.483 bits per heavy atom. The number of carbonyl (C=O) groups is 3. The third kappa shape index (κ3) is 47.5. The Balaban J connectivity index is 4.16. The molecule has 0 aromatic rings. The summed E-state index contributed by atoms with van der Waals surface area (Å²) in [6.07, 6.45) is 45.5. The van der Waals surface area contributed by atoms with Gasteiger partial charge in [-0.05, 0) is 37.0 Å². The molecule has 0 aliphatic heterocycles. The van der Waals surface area contributed by atoms with Gasteiger partial charge in [-0.25, -0.2) is 0 Å². The second kappa shape index (κ2) is 45.4. The molecular weight excluding hydrogens is 745 g/mol. The number of hydrogen-bond acceptors (Lipinski definition) is 6. The molecule has 0 N–H and O–H groups in total. The van der Waals surface area contributed by atoms with E-state index in [1.807, 2.05) is 0 Å². The van der Waals surface area contributed by atoms with Crippen LogP contribution >= 0.6 is 0 Å². The molecule has 0 saturated heterocycles. The van der Waals surface area contributed by atoms with Gasteiger partial charge in [0.25, 0.3) is 0 Å². The SMILES string of the molecule is CC(C)CCCCCCCCCCCCCCCCCCCCC(=O)OC[C@@H](COC(=O)CCCCCCCCCCCC(C)C)OC(=O)CCCCCCCCC(C)C. The van der Waals surface area contributed by atoms with Gasteiger partial charge in [0.2, 0.25) is 0 Å². The maximum atomic E-state index is 12.7. The number of carbonyl (C=O) groups excluding carboxylic acids is 3. The Morgan fingerprint density at radius 3 is 0.717 bits per heavy atom. The minimum atomic E-state index is -0.763. The van der Waals surface area contributed by atoms with Crippen LogP contribution in [0.4, 0.5) is 0 Å². The highest BCUT2D eigenvalue weighted by Gasteiger charge is 2.19. The quantitative estimate of drug-likeness (QED) is 0.0345. The average molecular weight is 849 g/mol. The van der Waals surface area contributed by atoms with Crippen LogP contribution in [0.15, 0.2) is 0 Å². The van der Waals surface area contributed by atoms with E-state index in [1.165, 1.54) is 173 Å². The van der Waals surface area contributed by atoms with E-state index >= 15 is 0 Å². The van der Waals surface area contributed by atoms with E-state index in [9.17, 15) is 14.4 Å². The van der Waals surface area contributed by atoms with Crippen molar-refractivity contribution in [1.29, 1.82) is 0 Å². The lowest BCUT2D eigenvalue weighted by Crippen LogP contribution is -2.30. The third-order valence-corrected chi connectivity index (χ3v) is 12.1. The van der Waals surface area contributed by atoms with E-state index in [1.54, 1.807) is 0 Å². The molecule has 6 nitrogen and oxygen atoms in total. The van der Waals surface area contributed by atoms with Gasteiger partial charge in [-0.15, -0.1) is 0 Å². The summed E-state index contributed by atoms with van der Waals surface area (Å²) in [5.41, 5.74) is 0. The summed E-state index contributed by atoms with van der Waals surface area (Å²) in [4.78, 5) is 37.9. The molecular formula is C54H104O6. The Bertz CT molecular complexity index is 929. The van der Waals surface area contributed by atoms with Crippen molar-refractivity contribution in [2.45, 2.75) is 298 Å². The first kappa shape index (κ1) is 58.4. The number of rotatable bonds is 47. The fourth-order valence-electron chi connectivity index (χ4n) is 8.12. The van der Waals surface area contributed by atoms with Crippen LogP contribution in [-0.4, -0.2) is 37.2 Å². The first-order chi connectivity index (χ1) is 29.1. The molecule has 356 valence electrons. The molecule has 60 heavy (non-hydrogen) atoms. The first-order valence-electron chi connectivity index (χ1n) is 26.6. The number of hydrogen-bond donors (Lipinski definition) is 0. The molecule has 0 spiro atoms. The van der Waals surface area contributed by atoms with Crippen molar-refractivity contribution in [2.75, 3.05) is 13.2 Å². The third-order valence-electron chi connectivity index (χ3n) is 12.1. The minimum Gasteiger partial charge on any atom is -0.462 e. The van der Waals surface area contributed by atoms with Gasteiger partial charge in [0.05, 0.1) is 0 Å². The second-order valence-corrected chi connectivity index (χ2v) is 19.9. The van der Waals surface area contributed by atoms with Crippen molar-refractivity contribution in [2.24, 2.45) is 17.8 Å². The van der Waals surface area contributed by atoms with Gasteiger partial charge < -0.3 is 14.2 Å². The molecule has 6 heteroatoms. The molecule has 0 fully saturated rings. The van der Waals surface area contributed by atoms with Crippen LogP contribution in [0.5, 0.6) is 0 Å². The van der Waals surface area contributed by atoms with Gasteiger partial charge in [0, 0.05) is 19.3 Å². The predicted octanol–water partition coefficient (Wildman–Crippen LogP) is 17.2. The van der Waals surface area contributed by atoms with Gasteiger partial charge >= 0.3 is 17.9 Å². The molecule has 1 atom stereocenters. The minimum absolute atomic E-state index is 0.0656. The summed E-state index contributed by atoms with van der Waals surface area (Å²) < 4.78 is 16.8. The van der Waals surface area contributed by atoms with Crippen LogP contribution < -0.4 is 0 Å².